The molecule has 0 aliphatic carbocycles. The maximum Gasteiger partial charge on any atom is 0.215 e. The van der Waals surface area contributed by atoms with Gasteiger partial charge in [-0.3, -0.25) is 0 Å². The van der Waals surface area contributed by atoms with Crippen molar-refractivity contribution < 1.29 is 0 Å². The number of nitrogens with zero attached hydrogens (tertiary/aromatic N) is 7. The van der Waals surface area contributed by atoms with Gasteiger partial charge in [0.25, 0.3) is 0 Å². The number of aromatic nitrogens is 6. The van der Waals surface area contributed by atoms with Crippen LogP contribution in [0.15, 0.2) is 46.2 Å². The summed E-state index contributed by atoms with van der Waals surface area (Å²) < 4.78 is 1.59. The van der Waals surface area contributed by atoms with Gasteiger partial charge in [-0.2, -0.15) is 5.26 Å². The molecule has 0 aliphatic heterocycles. The average Bonchev–Trinajstić information content (AvgIpc) is 3.22. The summed E-state index contributed by atoms with van der Waals surface area (Å²) in [5.74, 6) is 0. The van der Waals surface area contributed by atoms with Crippen LogP contribution in [0.4, 0.5) is 0 Å². The Morgan fingerprint density at radius 1 is 1.21 bits per heavy atom. The quantitative estimate of drug-likeness (QED) is 0.524. The van der Waals surface area contributed by atoms with Crippen LogP contribution in [0.3, 0.4) is 0 Å². The third-order valence-corrected chi connectivity index (χ3v) is 5.36. The van der Waals surface area contributed by atoms with E-state index in [0.29, 0.717) is 10.7 Å². The molecule has 0 bridgehead atoms. The summed E-state index contributed by atoms with van der Waals surface area (Å²) in [6.45, 7) is 0. The Bertz CT molecular complexity index is 1080. The predicted octanol–water partition coefficient (Wildman–Crippen LogP) is 2.90. The van der Waals surface area contributed by atoms with Gasteiger partial charge in [0.1, 0.15) is 16.2 Å². The van der Waals surface area contributed by atoms with Crippen LogP contribution in [0.1, 0.15) is 5.56 Å². The van der Waals surface area contributed by atoms with Gasteiger partial charge in [-0.15, -0.1) is 16.4 Å². The molecule has 116 valence electrons. The molecule has 0 saturated heterocycles. The zero-order valence-electron chi connectivity index (χ0n) is 12.4. The van der Waals surface area contributed by atoms with Crippen LogP contribution >= 0.6 is 23.1 Å². The number of rotatable bonds is 3. The molecule has 0 aliphatic rings. The van der Waals surface area contributed by atoms with Crippen molar-refractivity contribution in [3.63, 3.8) is 0 Å². The third-order valence-electron chi connectivity index (χ3n) is 3.44. The molecule has 3 aromatic heterocycles. The fourth-order valence-corrected chi connectivity index (χ4v) is 4.13. The molecule has 0 spiro atoms. The standard InChI is InChI=1S/C15H9N7S2/c1-22-15(19-20-21-22)24-14-12-11(7-23-13(12)17-8-18-14)10-5-3-2-4-9(10)6-16/h2-5,7-8H,1H3. The van der Waals surface area contributed by atoms with Crippen LogP contribution < -0.4 is 0 Å². The Labute approximate surface area is 145 Å². The van der Waals surface area contributed by atoms with Gasteiger partial charge in [0.2, 0.25) is 5.16 Å². The van der Waals surface area contributed by atoms with Gasteiger partial charge in [-0.25, -0.2) is 14.6 Å². The lowest BCUT2D eigenvalue weighted by Gasteiger charge is -2.05. The summed E-state index contributed by atoms with van der Waals surface area (Å²) in [6.07, 6.45) is 1.53. The molecule has 24 heavy (non-hydrogen) atoms. The zero-order valence-corrected chi connectivity index (χ0v) is 14.0. The molecular weight excluding hydrogens is 342 g/mol. The van der Waals surface area contributed by atoms with E-state index in [-0.39, 0.29) is 0 Å². The van der Waals surface area contributed by atoms with Crippen LogP contribution in [0.5, 0.6) is 0 Å². The van der Waals surface area contributed by atoms with Gasteiger partial charge in [0, 0.05) is 23.6 Å². The summed E-state index contributed by atoms with van der Waals surface area (Å²) in [5.41, 5.74) is 2.45. The van der Waals surface area contributed by atoms with Crippen molar-refractivity contribution in [3.05, 3.63) is 41.5 Å². The van der Waals surface area contributed by atoms with E-state index in [4.69, 9.17) is 0 Å². The van der Waals surface area contributed by atoms with E-state index in [9.17, 15) is 5.26 Å². The SMILES string of the molecule is Cn1nnnc1Sc1ncnc2scc(-c3ccccc3C#N)c12. The van der Waals surface area contributed by atoms with Gasteiger partial charge in [0.15, 0.2) is 0 Å². The molecule has 0 N–H and O–H groups in total. The van der Waals surface area contributed by atoms with E-state index in [2.05, 4.69) is 31.6 Å². The summed E-state index contributed by atoms with van der Waals surface area (Å²) >= 11 is 2.90. The van der Waals surface area contributed by atoms with Crippen LogP contribution in [0, 0.1) is 11.3 Å². The van der Waals surface area contributed by atoms with E-state index in [1.54, 1.807) is 11.7 Å². The van der Waals surface area contributed by atoms with E-state index in [0.717, 1.165) is 26.4 Å². The Morgan fingerprint density at radius 2 is 2.08 bits per heavy atom. The Morgan fingerprint density at radius 3 is 2.88 bits per heavy atom. The molecule has 0 amide bonds. The Kier molecular flexibility index (Phi) is 3.68. The van der Waals surface area contributed by atoms with Crippen molar-refractivity contribution in [1.29, 1.82) is 5.26 Å². The minimum absolute atomic E-state index is 0.623. The van der Waals surface area contributed by atoms with Crippen LogP contribution in [0.2, 0.25) is 0 Å². The zero-order chi connectivity index (χ0) is 16.5. The maximum atomic E-state index is 9.39. The van der Waals surface area contributed by atoms with Crippen LogP contribution in [-0.2, 0) is 7.05 Å². The third kappa shape index (κ3) is 2.42. The Balaban J connectivity index is 1.92. The number of aryl methyl sites for hydroxylation is 1. The van der Waals surface area contributed by atoms with Crippen molar-refractivity contribution in [2.24, 2.45) is 7.05 Å². The number of fused-ring (bicyclic) bond motifs is 1. The fourth-order valence-electron chi connectivity index (χ4n) is 2.33. The van der Waals surface area contributed by atoms with Gasteiger partial charge in [-0.05, 0) is 28.3 Å². The number of tetrazole rings is 1. The summed E-state index contributed by atoms with van der Waals surface area (Å²) in [4.78, 5) is 9.62. The smallest absolute Gasteiger partial charge is 0.215 e. The molecule has 7 nitrogen and oxygen atoms in total. The van der Waals surface area contributed by atoms with E-state index >= 15 is 0 Å². The monoisotopic (exact) mass is 351 g/mol. The Hall–Kier alpha value is -2.83. The molecule has 4 aromatic rings. The van der Waals surface area contributed by atoms with Crippen LogP contribution in [0.25, 0.3) is 21.3 Å². The number of nitriles is 1. The molecule has 0 unspecified atom stereocenters. The number of hydrogen-bond acceptors (Lipinski definition) is 8. The lowest BCUT2D eigenvalue weighted by molar-refractivity contribution is 0.664. The van der Waals surface area contributed by atoms with Crippen molar-refractivity contribution in [2.75, 3.05) is 0 Å². The first-order chi connectivity index (χ1) is 11.8. The second kappa shape index (κ2) is 5.99. The second-order valence-electron chi connectivity index (χ2n) is 4.85. The first kappa shape index (κ1) is 14.7. The number of benzene rings is 1. The predicted molar refractivity (Wildman–Crippen MR) is 90.5 cm³/mol. The second-order valence-corrected chi connectivity index (χ2v) is 6.67. The molecule has 0 atom stereocenters. The van der Waals surface area contributed by atoms with Crippen LogP contribution in [-0.4, -0.2) is 30.2 Å². The molecular formula is C15H9N7S2. The van der Waals surface area contributed by atoms with Gasteiger partial charge in [-0.1, -0.05) is 18.2 Å². The summed E-state index contributed by atoms with van der Waals surface area (Å²) in [6, 6.07) is 9.76. The minimum atomic E-state index is 0.623. The highest BCUT2D eigenvalue weighted by Crippen LogP contribution is 2.40. The summed E-state index contributed by atoms with van der Waals surface area (Å²) in [7, 11) is 1.78. The average molecular weight is 351 g/mol. The lowest BCUT2D eigenvalue weighted by atomic mass is 10.0. The van der Waals surface area contributed by atoms with Crippen molar-refractivity contribution in [3.8, 4) is 17.2 Å². The van der Waals surface area contributed by atoms with Crippen molar-refractivity contribution in [2.45, 2.75) is 10.2 Å². The first-order valence-electron chi connectivity index (χ1n) is 6.90. The van der Waals surface area contributed by atoms with Crippen molar-refractivity contribution >= 4 is 33.3 Å². The molecule has 0 fully saturated rings. The molecule has 0 saturated carbocycles. The maximum absolute atomic E-state index is 9.39. The lowest BCUT2D eigenvalue weighted by Crippen LogP contribution is -1.94. The first-order valence-corrected chi connectivity index (χ1v) is 8.59. The minimum Gasteiger partial charge on any atom is -0.229 e. The van der Waals surface area contributed by atoms with Gasteiger partial charge >= 0.3 is 0 Å². The molecule has 9 heteroatoms. The fraction of sp³-hybridized carbons (Fsp3) is 0.0667. The number of thiophene rings is 1. The van der Waals surface area contributed by atoms with E-state index < -0.39 is 0 Å². The van der Waals surface area contributed by atoms with Gasteiger partial charge in [0.05, 0.1) is 17.0 Å². The van der Waals surface area contributed by atoms with E-state index in [1.165, 1.54) is 29.4 Å². The molecule has 3 heterocycles. The van der Waals surface area contributed by atoms with Crippen molar-refractivity contribution in [1.82, 2.24) is 30.2 Å². The molecule has 0 radical (unpaired) electrons. The van der Waals surface area contributed by atoms with Gasteiger partial charge < -0.3 is 0 Å². The highest BCUT2D eigenvalue weighted by molar-refractivity contribution is 7.99. The van der Waals surface area contributed by atoms with E-state index in [1.807, 2.05) is 29.6 Å². The summed E-state index contributed by atoms with van der Waals surface area (Å²) in [5, 5.41) is 25.2. The molecule has 4 rings (SSSR count). The normalized spacial score (nSPS) is 10.8. The highest BCUT2D eigenvalue weighted by atomic mass is 32.2. The topological polar surface area (TPSA) is 93.2 Å². The largest absolute Gasteiger partial charge is 0.229 e. The highest BCUT2D eigenvalue weighted by Gasteiger charge is 2.17. The number of hydrogen-bond donors (Lipinski definition) is 0. The molecule has 1 aromatic carbocycles.